The van der Waals surface area contributed by atoms with E-state index in [9.17, 15) is 0 Å². The van der Waals surface area contributed by atoms with Crippen LogP contribution in [0.15, 0.2) is 5.16 Å². The molecule has 0 unspecified atom stereocenters. The van der Waals surface area contributed by atoms with Crippen molar-refractivity contribution in [3.05, 3.63) is 0 Å². The molecule has 0 aromatic heterocycles. The lowest BCUT2D eigenvalue weighted by molar-refractivity contribution is 0.309. The van der Waals surface area contributed by atoms with Crippen LogP contribution in [0.3, 0.4) is 0 Å². The summed E-state index contributed by atoms with van der Waals surface area (Å²) < 4.78 is 0. The number of amidine groups is 1. The van der Waals surface area contributed by atoms with Crippen LogP contribution in [-0.4, -0.2) is 30.0 Å². The van der Waals surface area contributed by atoms with Crippen molar-refractivity contribution in [2.45, 2.75) is 6.92 Å². The quantitative estimate of drug-likeness (QED) is 0.207. The highest BCUT2D eigenvalue weighted by Crippen LogP contribution is 1.76. The van der Waals surface area contributed by atoms with Gasteiger partial charge in [0.15, 0.2) is 0 Å². The molecule has 0 radical (unpaired) electrons. The molecule has 0 amide bonds. The Morgan fingerprint density at radius 1 is 1.57 bits per heavy atom. The molecule has 42 valence electrons. The van der Waals surface area contributed by atoms with E-state index in [4.69, 9.17) is 5.21 Å². The minimum Gasteiger partial charge on any atom is -0.409 e. The average Bonchev–Trinajstić information content (AvgIpc) is 1.65. The van der Waals surface area contributed by atoms with E-state index >= 15 is 0 Å². The molecular weight excluding hydrogens is 92.1 g/mol. The van der Waals surface area contributed by atoms with E-state index < -0.39 is 0 Å². The fourth-order valence-electron chi connectivity index (χ4n) is 0.0894. The van der Waals surface area contributed by atoms with Gasteiger partial charge in [-0.25, -0.2) is 0 Å². The van der Waals surface area contributed by atoms with Crippen LogP contribution >= 0.6 is 0 Å². The van der Waals surface area contributed by atoms with Gasteiger partial charge in [0.05, 0.1) is 0 Å². The Balaban J connectivity index is 3.56. The number of oxime groups is 1. The third kappa shape index (κ3) is 2.03. The molecule has 1 N–H and O–H groups in total. The molecule has 0 fully saturated rings. The summed E-state index contributed by atoms with van der Waals surface area (Å²) in [5.74, 6) is 0.611. The van der Waals surface area contributed by atoms with Gasteiger partial charge < -0.3 is 10.1 Å². The van der Waals surface area contributed by atoms with Crippen LogP contribution in [0.5, 0.6) is 0 Å². The summed E-state index contributed by atoms with van der Waals surface area (Å²) >= 11 is 0. The molecule has 0 aliphatic rings. The van der Waals surface area contributed by atoms with Gasteiger partial charge in [-0.3, -0.25) is 0 Å². The molecule has 3 heteroatoms. The Labute approximate surface area is 43.2 Å². The van der Waals surface area contributed by atoms with Crippen molar-refractivity contribution in [2.75, 3.05) is 14.1 Å². The predicted molar refractivity (Wildman–Crippen MR) is 28.6 cm³/mol. The molecule has 0 atom stereocenters. The number of hydrogen-bond donors (Lipinski definition) is 1. The number of hydrogen-bond acceptors (Lipinski definition) is 2. The maximum absolute atomic E-state index is 8.05. The first-order valence-corrected chi connectivity index (χ1v) is 2.04. The molecule has 0 bridgehead atoms. The van der Waals surface area contributed by atoms with Crippen molar-refractivity contribution in [3.8, 4) is 0 Å². The van der Waals surface area contributed by atoms with Gasteiger partial charge in [0.2, 0.25) is 0 Å². The lowest BCUT2D eigenvalue weighted by atomic mass is 10.6. The van der Waals surface area contributed by atoms with E-state index in [2.05, 4.69) is 5.16 Å². The summed E-state index contributed by atoms with van der Waals surface area (Å²) in [5.41, 5.74) is 0. The normalized spacial score (nSPS) is 11.6. The van der Waals surface area contributed by atoms with Gasteiger partial charge in [0, 0.05) is 14.1 Å². The summed E-state index contributed by atoms with van der Waals surface area (Å²) in [6.45, 7) is 1.72. The van der Waals surface area contributed by atoms with Crippen molar-refractivity contribution in [3.63, 3.8) is 0 Å². The highest BCUT2D eigenvalue weighted by atomic mass is 16.4. The van der Waals surface area contributed by atoms with Crippen molar-refractivity contribution >= 4 is 5.84 Å². The minimum atomic E-state index is 0.611. The molecule has 3 nitrogen and oxygen atoms in total. The van der Waals surface area contributed by atoms with Gasteiger partial charge in [-0.15, -0.1) is 0 Å². The van der Waals surface area contributed by atoms with E-state index in [-0.39, 0.29) is 0 Å². The monoisotopic (exact) mass is 102 g/mol. The van der Waals surface area contributed by atoms with Gasteiger partial charge in [-0.05, 0) is 6.92 Å². The van der Waals surface area contributed by atoms with E-state index in [1.54, 1.807) is 11.8 Å². The molecule has 0 heterocycles. The summed E-state index contributed by atoms with van der Waals surface area (Å²) in [6.07, 6.45) is 0. The molecule has 7 heavy (non-hydrogen) atoms. The van der Waals surface area contributed by atoms with Gasteiger partial charge in [0.1, 0.15) is 5.84 Å². The fourth-order valence-corrected chi connectivity index (χ4v) is 0.0894. The van der Waals surface area contributed by atoms with Gasteiger partial charge in [-0.2, -0.15) is 0 Å². The van der Waals surface area contributed by atoms with Crippen molar-refractivity contribution in [1.82, 2.24) is 4.90 Å². The average molecular weight is 102 g/mol. The lowest BCUT2D eigenvalue weighted by Gasteiger charge is -2.06. The molecule has 0 aromatic carbocycles. The Hall–Kier alpha value is -0.730. The zero-order chi connectivity index (χ0) is 5.86. The predicted octanol–water partition coefficient (Wildman–Crippen LogP) is 0.356. The summed E-state index contributed by atoms with van der Waals surface area (Å²) in [5, 5.41) is 11.0. The summed E-state index contributed by atoms with van der Waals surface area (Å²) in [4.78, 5) is 1.72. The second kappa shape index (κ2) is 2.44. The topological polar surface area (TPSA) is 35.8 Å². The van der Waals surface area contributed by atoms with Gasteiger partial charge in [0.25, 0.3) is 0 Å². The molecule has 0 rings (SSSR count). The van der Waals surface area contributed by atoms with Crippen molar-refractivity contribution < 1.29 is 5.21 Å². The molecule has 0 spiro atoms. The largest absolute Gasteiger partial charge is 0.409 e. The maximum atomic E-state index is 8.05. The highest BCUT2D eigenvalue weighted by Gasteiger charge is 1.87. The Bertz CT molecular complexity index is 77.8. The van der Waals surface area contributed by atoms with E-state index in [1.165, 1.54) is 0 Å². The third-order valence-electron chi connectivity index (χ3n) is 0.792. The van der Waals surface area contributed by atoms with Crippen LogP contribution < -0.4 is 0 Å². The van der Waals surface area contributed by atoms with E-state index in [0.29, 0.717) is 5.84 Å². The first-order chi connectivity index (χ1) is 3.18. The standard InChI is InChI=1S/C4H10N2O/c1-4(5-7)6(2)3/h7H,1-3H3/b5-4-. The highest BCUT2D eigenvalue weighted by molar-refractivity contribution is 5.78. The minimum absolute atomic E-state index is 0.611. The van der Waals surface area contributed by atoms with Crippen LogP contribution in [0.25, 0.3) is 0 Å². The first-order valence-electron chi connectivity index (χ1n) is 2.04. The van der Waals surface area contributed by atoms with Crippen molar-refractivity contribution in [2.24, 2.45) is 5.16 Å². The van der Waals surface area contributed by atoms with Gasteiger partial charge in [-0.1, -0.05) is 5.16 Å². The van der Waals surface area contributed by atoms with E-state index in [1.807, 2.05) is 14.1 Å². The Morgan fingerprint density at radius 2 is 2.00 bits per heavy atom. The Kier molecular flexibility index (Phi) is 2.19. The summed E-state index contributed by atoms with van der Waals surface area (Å²) in [6, 6.07) is 0. The first kappa shape index (κ1) is 6.27. The molecule has 0 aliphatic heterocycles. The van der Waals surface area contributed by atoms with E-state index in [0.717, 1.165) is 0 Å². The zero-order valence-electron chi connectivity index (χ0n) is 4.84. The zero-order valence-corrected chi connectivity index (χ0v) is 4.84. The maximum Gasteiger partial charge on any atom is 0.140 e. The number of nitrogens with zero attached hydrogens (tertiary/aromatic N) is 2. The van der Waals surface area contributed by atoms with Crippen LogP contribution in [-0.2, 0) is 0 Å². The van der Waals surface area contributed by atoms with Crippen LogP contribution in [0.1, 0.15) is 6.92 Å². The SMILES string of the molecule is C/C(=N/O)N(C)C. The molecule has 0 saturated carbocycles. The van der Waals surface area contributed by atoms with Crippen molar-refractivity contribution in [1.29, 1.82) is 0 Å². The smallest absolute Gasteiger partial charge is 0.140 e. The molecule has 0 aromatic rings. The third-order valence-corrected chi connectivity index (χ3v) is 0.792. The molecule has 0 aliphatic carbocycles. The fraction of sp³-hybridized carbons (Fsp3) is 0.750. The second-order valence-electron chi connectivity index (χ2n) is 1.54. The van der Waals surface area contributed by atoms with Crippen LogP contribution in [0, 0.1) is 0 Å². The van der Waals surface area contributed by atoms with Gasteiger partial charge >= 0.3 is 0 Å². The Morgan fingerprint density at radius 3 is 2.00 bits per heavy atom. The lowest BCUT2D eigenvalue weighted by Crippen LogP contribution is -2.17. The molecular formula is C4H10N2O. The van der Waals surface area contributed by atoms with Crippen LogP contribution in [0.2, 0.25) is 0 Å². The number of rotatable bonds is 0. The second-order valence-corrected chi connectivity index (χ2v) is 1.54. The van der Waals surface area contributed by atoms with Crippen LogP contribution in [0.4, 0.5) is 0 Å². The molecule has 0 saturated heterocycles. The summed E-state index contributed by atoms with van der Waals surface area (Å²) in [7, 11) is 3.63.